The quantitative estimate of drug-likeness (QED) is 0.353. The van der Waals surface area contributed by atoms with Crippen LogP contribution in [0.3, 0.4) is 0 Å². The predicted molar refractivity (Wildman–Crippen MR) is 113 cm³/mol. The van der Waals surface area contributed by atoms with Gasteiger partial charge in [0.2, 0.25) is 0 Å². The van der Waals surface area contributed by atoms with E-state index >= 15 is 0 Å². The highest BCUT2D eigenvalue weighted by atomic mass is 16.5. The number of likely N-dealkylation sites (tertiary alicyclic amines) is 1. The average Bonchev–Trinajstić information content (AvgIpc) is 3.41. The Morgan fingerprint density at radius 3 is 2.61 bits per heavy atom. The van der Waals surface area contributed by atoms with Crippen molar-refractivity contribution < 1.29 is 23.8 Å². The molecule has 158 valence electrons. The maximum Gasteiger partial charge on any atom is 0.296 e. The molecule has 0 spiro atoms. The van der Waals surface area contributed by atoms with Crippen molar-refractivity contribution in [3.8, 4) is 5.75 Å². The first kappa shape index (κ1) is 20.4. The van der Waals surface area contributed by atoms with Gasteiger partial charge in [0.25, 0.3) is 11.7 Å². The first-order valence-corrected chi connectivity index (χ1v) is 10.0. The Balaban J connectivity index is 1.74. The maximum atomic E-state index is 12.9. The molecular weight excluding hydrogens is 396 g/mol. The molecule has 3 aromatic rings. The number of carbonyl (C=O) groups excluding carboxylic acids is 2. The Kier molecular flexibility index (Phi) is 5.84. The number of nitrogens with zero attached hydrogens (tertiary/aromatic N) is 2. The van der Waals surface area contributed by atoms with Gasteiger partial charge in [0, 0.05) is 24.5 Å². The SMILES string of the molecule is CCCOc1ccc(C(O)=C2C(=O)C(=O)N(Cc3cccnc3)[C@H]2c2ccco2)cc1. The van der Waals surface area contributed by atoms with Gasteiger partial charge in [-0.1, -0.05) is 13.0 Å². The number of pyridine rings is 1. The average molecular weight is 418 g/mol. The van der Waals surface area contributed by atoms with Crippen LogP contribution in [0, 0.1) is 0 Å². The largest absolute Gasteiger partial charge is 0.507 e. The normalized spacial score (nSPS) is 17.8. The number of Topliss-reactive ketones (excluding diaryl/α,β-unsaturated/α-hetero) is 1. The minimum Gasteiger partial charge on any atom is -0.507 e. The molecule has 0 saturated carbocycles. The molecule has 3 heterocycles. The van der Waals surface area contributed by atoms with Gasteiger partial charge >= 0.3 is 0 Å². The third kappa shape index (κ3) is 4.07. The summed E-state index contributed by atoms with van der Waals surface area (Å²) in [5.74, 6) is -0.648. The van der Waals surface area contributed by atoms with Crippen LogP contribution in [-0.2, 0) is 16.1 Å². The zero-order valence-electron chi connectivity index (χ0n) is 17.0. The fourth-order valence-electron chi connectivity index (χ4n) is 3.56. The monoisotopic (exact) mass is 418 g/mol. The third-order valence-corrected chi connectivity index (χ3v) is 5.03. The topological polar surface area (TPSA) is 92.9 Å². The van der Waals surface area contributed by atoms with Crippen molar-refractivity contribution in [1.29, 1.82) is 0 Å². The molecule has 1 saturated heterocycles. The lowest BCUT2D eigenvalue weighted by Gasteiger charge is -2.23. The van der Waals surface area contributed by atoms with Crippen LogP contribution in [0.2, 0.25) is 0 Å². The van der Waals surface area contributed by atoms with Crippen LogP contribution >= 0.6 is 0 Å². The number of carbonyl (C=O) groups is 2. The van der Waals surface area contributed by atoms with Crippen molar-refractivity contribution in [2.24, 2.45) is 0 Å². The van der Waals surface area contributed by atoms with Gasteiger partial charge in [-0.05, 0) is 54.4 Å². The lowest BCUT2D eigenvalue weighted by Crippen LogP contribution is -2.29. The summed E-state index contributed by atoms with van der Waals surface area (Å²) in [6, 6.07) is 12.9. The molecule has 1 amide bonds. The number of benzene rings is 1. The first-order valence-electron chi connectivity index (χ1n) is 10.0. The van der Waals surface area contributed by atoms with Crippen molar-refractivity contribution in [2.75, 3.05) is 6.61 Å². The van der Waals surface area contributed by atoms with Crippen LogP contribution in [0.15, 0.2) is 77.2 Å². The number of ketones is 1. The second-order valence-corrected chi connectivity index (χ2v) is 7.18. The van der Waals surface area contributed by atoms with Crippen LogP contribution < -0.4 is 4.74 Å². The molecule has 1 aliphatic heterocycles. The van der Waals surface area contributed by atoms with Crippen LogP contribution in [0.25, 0.3) is 5.76 Å². The van der Waals surface area contributed by atoms with Crippen molar-refractivity contribution in [1.82, 2.24) is 9.88 Å². The van der Waals surface area contributed by atoms with Crippen LogP contribution in [0.4, 0.5) is 0 Å². The van der Waals surface area contributed by atoms with Gasteiger partial charge in [-0.15, -0.1) is 0 Å². The number of aliphatic hydroxyl groups excluding tert-OH is 1. The molecule has 4 rings (SSSR count). The molecule has 1 aliphatic rings. The number of rotatable bonds is 7. The Labute approximate surface area is 179 Å². The van der Waals surface area contributed by atoms with Crippen LogP contribution in [0.5, 0.6) is 5.75 Å². The van der Waals surface area contributed by atoms with Crippen molar-refractivity contribution in [3.63, 3.8) is 0 Å². The summed E-state index contributed by atoms with van der Waals surface area (Å²) in [6.45, 7) is 2.76. The summed E-state index contributed by atoms with van der Waals surface area (Å²) in [7, 11) is 0. The Morgan fingerprint density at radius 2 is 1.97 bits per heavy atom. The molecule has 0 bridgehead atoms. The van der Waals surface area contributed by atoms with E-state index in [1.165, 1.54) is 11.2 Å². The molecule has 1 fully saturated rings. The lowest BCUT2D eigenvalue weighted by atomic mass is 9.99. The van der Waals surface area contributed by atoms with E-state index < -0.39 is 17.7 Å². The van der Waals surface area contributed by atoms with E-state index in [1.807, 2.05) is 13.0 Å². The maximum absolute atomic E-state index is 12.9. The summed E-state index contributed by atoms with van der Waals surface area (Å²) in [5, 5.41) is 11.0. The van der Waals surface area contributed by atoms with Gasteiger partial charge in [-0.3, -0.25) is 14.6 Å². The Hall–Kier alpha value is -3.87. The molecule has 2 aromatic heterocycles. The van der Waals surface area contributed by atoms with E-state index in [1.54, 1.807) is 54.9 Å². The molecule has 1 N–H and O–H groups in total. The number of furan rings is 1. The zero-order valence-corrected chi connectivity index (χ0v) is 17.0. The Morgan fingerprint density at radius 1 is 1.16 bits per heavy atom. The van der Waals surface area contributed by atoms with E-state index in [2.05, 4.69) is 4.98 Å². The molecule has 0 aliphatic carbocycles. The van der Waals surface area contributed by atoms with E-state index in [-0.39, 0.29) is 17.9 Å². The van der Waals surface area contributed by atoms with Gasteiger partial charge in [0.1, 0.15) is 23.3 Å². The fraction of sp³-hybridized carbons (Fsp3) is 0.208. The summed E-state index contributed by atoms with van der Waals surface area (Å²) >= 11 is 0. The summed E-state index contributed by atoms with van der Waals surface area (Å²) < 4.78 is 11.1. The third-order valence-electron chi connectivity index (χ3n) is 5.03. The van der Waals surface area contributed by atoms with Crippen molar-refractivity contribution in [3.05, 3.63) is 89.6 Å². The number of ether oxygens (including phenoxy) is 1. The fourth-order valence-corrected chi connectivity index (χ4v) is 3.56. The van der Waals surface area contributed by atoms with Crippen LogP contribution in [0.1, 0.15) is 36.3 Å². The zero-order chi connectivity index (χ0) is 21.8. The van der Waals surface area contributed by atoms with Gasteiger partial charge in [0.05, 0.1) is 18.4 Å². The highest BCUT2D eigenvalue weighted by Crippen LogP contribution is 2.40. The van der Waals surface area contributed by atoms with Crippen molar-refractivity contribution in [2.45, 2.75) is 25.9 Å². The van der Waals surface area contributed by atoms with Gasteiger partial charge < -0.3 is 19.2 Å². The highest BCUT2D eigenvalue weighted by molar-refractivity contribution is 6.46. The second kappa shape index (κ2) is 8.87. The van der Waals surface area contributed by atoms with E-state index in [0.29, 0.717) is 23.7 Å². The lowest BCUT2D eigenvalue weighted by molar-refractivity contribution is -0.140. The molecule has 0 radical (unpaired) electrons. The minimum absolute atomic E-state index is 0.00827. The van der Waals surface area contributed by atoms with Crippen LogP contribution in [-0.4, -0.2) is 33.3 Å². The molecule has 7 heteroatoms. The predicted octanol–water partition coefficient (Wildman–Crippen LogP) is 4.09. The molecular formula is C24H22N2O5. The molecule has 7 nitrogen and oxygen atoms in total. The van der Waals surface area contributed by atoms with Gasteiger partial charge in [-0.25, -0.2) is 0 Å². The van der Waals surface area contributed by atoms with E-state index in [4.69, 9.17) is 9.15 Å². The highest BCUT2D eigenvalue weighted by Gasteiger charge is 2.47. The van der Waals surface area contributed by atoms with E-state index in [9.17, 15) is 14.7 Å². The molecule has 1 aromatic carbocycles. The number of amides is 1. The number of aliphatic hydroxyl groups is 1. The van der Waals surface area contributed by atoms with Gasteiger partial charge in [-0.2, -0.15) is 0 Å². The Bertz CT molecular complexity index is 1090. The number of hydrogen-bond donors (Lipinski definition) is 1. The number of hydrogen-bond acceptors (Lipinski definition) is 6. The second-order valence-electron chi connectivity index (χ2n) is 7.18. The van der Waals surface area contributed by atoms with Gasteiger partial charge in [0.15, 0.2) is 0 Å². The van der Waals surface area contributed by atoms with E-state index in [0.717, 1.165) is 12.0 Å². The summed E-state index contributed by atoms with van der Waals surface area (Å²) in [4.78, 5) is 31.3. The first-order chi connectivity index (χ1) is 15.1. The number of aromatic nitrogens is 1. The minimum atomic E-state index is -0.841. The standard InChI is InChI=1S/C24H22N2O5/c1-2-12-30-18-9-7-17(8-10-18)22(27)20-21(19-6-4-13-31-19)26(24(29)23(20)28)15-16-5-3-11-25-14-16/h3-11,13-14,21,27H,2,12,15H2,1H3/t21-/m0/s1. The smallest absolute Gasteiger partial charge is 0.296 e. The molecule has 1 atom stereocenters. The molecule has 31 heavy (non-hydrogen) atoms. The molecule has 0 unspecified atom stereocenters. The summed E-state index contributed by atoms with van der Waals surface area (Å²) in [5.41, 5.74) is 1.17. The summed E-state index contributed by atoms with van der Waals surface area (Å²) in [6.07, 6.45) is 5.62. The van der Waals surface area contributed by atoms with Crippen molar-refractivity contribution >= 4 is 17.4 Å².